The van der Waals surface area contributed by atoms with Gasteiger partial charge in [-0.1, -0.05) is 0 Å². The minimum atomic E-state index is -0.685. The van der Waals surface area contributed by atoms with E-state index in [-0.39, 0.29) is 11.6 Å². The first-order valence-corrected chi connectivity index (χ1v) is 6.96. The fraction of sp³-hybridized carbons (Fsp3) is 0.125. The molecular weight excluding hydrogens is 318 g/mol. The second-order valence-corrected chi connectivity index (χ2v) is 4.84. The summed E-state index contributed by atoms with van der Waals surface area (Å²) in [6.07, 6.45) is 1.36. The van der Waals surface area contributed by atoms with Crippen molar-refractivity contribution in [1.82, 2.24) is 14.8 Å². The van der Waals surface area contributed by atoms with E-state index in [1.165, 1.54) is 18.1 Å². The molecule has 2 aromatic carbocycles. The van der Waals surface area contributed by atoms with E-state index in [2.05, 4.69) is 15.4 Å². The van der Waals surface area contributed by atoms with Crippen molar-refractivity contribution in [3.63, 3.8) is 0 Å². The molecule has 0 amide bonds. The summed E-state index contributed by atoms with van der Waals surface area (Å²) < 4.78 is 38.2. The number of hydrogen-bond donors (Lipinski definition) is 1. The van der Waals surface area contributed by atoms with E-state index in [0.717, 1.165) is 18.2 Å². The van der Waals surface area contributed by atoms with Crippen LogP contribution in [0.1, 0.15) is 0 Å². The van der Waals surface area contributed by atoms with Gasteiger partial charge in [-0.3, -0.25) is 0 Å². The van der Waals surface area contributed by atoms with Crippen LogP contribution in [0.4, 0.5) is 20.4 Å². The molecule has 1 aromatic heterocycles. The Kier molecular flexibility index (Phi) is 4.28. The SMILES string of the molecule is COc1ccc(Nc2ncn(-c3cc(F)cc(F)c3)n2)cc1OC. The van der Waals surface area contributed by atoms with Gasteiger partial charge in [0.2, 0.25) is 5.95 Å². The van der Waals surface area contributed by atoms with Gasteiger partial charge >= 0.3 is 0 Å². The van der Waals surface area contributed by atoms with Crippen molar-refractivity contribution in [1.29, 1.82) is 0 Å². The molecule has 0 spiro atoms. The maximum Gasteiger partial charge on any atom is 0.246 e. The second-order valence-electron chi connectivity index (χ2n) is 4.84. The van der Waals surface area contributed by atoms with Crippen molar-refractivity contribution in [3.05, 3.63) is 54.4 Å². The molecule has 0 saturated carbocycles. The fourth-order valence-electron chi connectivity index (χ4n) is 2.16. The molecule has 0 saturated heterocycles. The molecule has 0 radical (unpaired) electrons. The summed E-state index contributed by atoms with van der Waals surface area (Å²) in [5.74, 6) is 0.0441. The van der Waals surface area contributed by atoms with Crippen molar-refractivity contribution < 1.29 is 18.3 Å². The number of anilines is 2. The molecule has 3 aromatic rings. The average molecular weight is 332 g/mol. The highest BCUT2D eigenvalue weighted by atomic mass is 19.1. The molecular formula is C16H14F2N4O2. The van der Waals surface area contributed by atoms with Crippen LogP contribution in [-0.2, 0) is 0 Å². The Morgan fingerprint density at radius 1 is 0.958 bits per heavy atom. The minimum absolute atomic E-state index is 0.236. The van der Waals surface area contributed by atoms with Gasteiger partial charge in [-0.15, -0.1) is 5.10 Å². The molecule has 0 fully saturated rings. The molecule has 0 aliphatic carbocycles. The Hall–Kier alpha value is -3.16. The third-order valence-electron chi connectivity index (χ3n) is 3.24. The first-order chi connectivity index (χ1) is 11.6. The first-order valence-electron chi connectivity index (χ1n) is 6.96. The molecule has 1 N–H and O–H groups in total. The van der Waals surface area contributed by atoms with E-state index in [1.54, 1.807) is 25.3 Å². The van der Waals surface area contributed by atoms with Gasteiger partial charge in [0, 0.05) is 17.8 Å². The van der Waals surface area contributed by atoms with Gasteiger partial charge in [-0.05, 0) is 24.3 Å². The van der Waals surface area contributed by atoms with E-state index >= 15 is 0 Å². The molecule has 8 heteroatoms. The van der Waals surface area contributed by atoms with Crippen LogP contribution in [0.3, 0.4) is 0 Å². The molecule has 0 bridgehead atoms. The number of halogens is 2. The summed E-state index contributed by atoms with van der Waals surface area (Å²) in [5, 5.41) is 7.13. The number of benzene rings is 2. The summed E-state index contributed by atoms with van der Waals surface area (Å²) in [6.45, 7) is 0. The summed E-state index contributed by atoms with van der Waals surface area (Å²) in [6, 6.07) is 8.35. The number of rotatable bonds is 5. The van der Waals surface area contributed by atoms with E-state index in [1.807, 2.05) is 0 Å². The molecule has 0 aliphatic heterocycles. The van der Waals surface area contributed by atoms with Crippen molar-refractivity contribution in [3.8, 4) is 17.2 Å². The van der Waals surface area contributed by atoms with Gasteiger partial charge in [0.1, 0.15) is 18.0 Å². The Bertz CT molecular complexity index is 847. The Labute approximate surface area is 136 Å². The van der Waals surface area contributed by atoms with Crippen LogP contribution < -0.4 is 14.8 Å². The van der Waals surface area contributed by atoms with Gasteiger partial charge in [-0.25, -0.2) is 13.5 Å². The third-order valence-corrected chi connectivity index (χ3v) is 3.24. The molecule has 1 heterocycles. The van der Waals surface area contributed by atoms with E-state index in [4.69, 9.17) is 9.47 Å². The standard InChI is InChI=1S/C16H14F2N4O2/c1-23-14-4-3-12(8-15(14)24-2)20-16-19-9-22(21-16)13-6-10(17)5-11(18)7-13/h3-9H,1-2H3,(H,20,21). The highest BCUT2D eigenvalue weighted by Gasteiger charge is 2.09. The number of hydrogen-bond acceptors (Lipinski definition) is 5. The zero-order chi connectivity index (χ0) is 17.1. The van der Waals surface area contributed by atoms with E-state index in [0.29, 0.717) is 17.2 Å². The molecule has 0 atom stereocenters. The lowest BCUT2D eigenvalue weighted by atomic mass is 10.3. The fourth-order valence-corrected chi connectivity index (χ4v) is 2.16. The summed E-state index contributed by atoms with van der Waals surface area (Å²) in [4.78, 5) is 4.07. The molecule has 3 rings (SSSR count). The number of methoxy groups -OCH3 is 2. The summed E-state index contributed by atoms with van der Waals surface area (Å²) in [7, 11) is 3.08. The van der Waals surface area contributed by atoms with Crippen LogP contribution in [0.25, 0.3) is 5.69 Å². The highest BCUT2D eigenvalue weighted by Crippen LogP contribution is 2.30. The maximum absolute atomic E-state index is 13.3. The van der Waals surface area contributed by atoms with Crippen LogP contribution in [0.2, 0.25) is 0 Å². The number of aromatic nitrogens is 3. The summed E-state index contributed by atoms with van der Waals surface area (Å²) >= 11 is 0. The van der Waals surface area contributed by atoms with Crippen LogP contribution in [0.15, 0.2) is 42.7 Å². The second kappa shape index (κ2) is 6.53. The molecule has 0 unspecified atom stereocenters. The predicted molar refractivity (Wildman–Crippen MR) is 84.1 cm³/mol. The number of nitrogens with one attached hydrogen (secondary N) is 1. The quantitative estimate of drug-likeness (QED) is 0.777. The van der Waals surface area contributed by atoms with Crippen LogP contribution in [0.5, 0.6) is 11.5 Å². The van der Waals surface area contributed by atoms with E-state index < -0.39 is 11.6 Å². The lowest BCUT2D eigenvalue weighted by Crippen LogP contribution is -1.99. The third kappa shape index (κ3) is 3.27. The van der Waals surface area contributed by atoms with Crippen molar-refractivity contribution in [2.24, 2.45) is 0 Å². The number of ether oxygens (including phenoxy) is 2. The van der Waals surface area contributed by atoms with Gasteiger partial charge in [0.25, 0.3) is 0 Å². The predicted octanol–water partition coefficient (Wildman–Crippen LogP) is 3.31. The molecule has 124 valence electrons. The van der Waals surface area contributed by atoms with Crippen LogP contribution in [-0.4, -0.2) is 29.0 Å². The zero-order valence-electron chi connectivity index (χ0n) is 13.0. The largest absolute Gasteiger partial charge is 0.493 e. The van der Waals surface area contributed by atoms with Crippen molar-refractivity contribution in [2.45, 2.75) is 0 Å². The Balaban J connectivity index is 1.84. The monoisotopic (exact) mass is 332 g/mol. The topological polar surface area (TPSA) is 61.2 Å². The first kappa shape index (κ1) is 15.7. The van der Waals surface area contributed by atoms with E-state index in [9.17, 15) is 8.78 Å². The molecule has 6 nitrogen and oxygen atoms in total. The maximum atomic E-state index is 13.3. The van der Waals surface area contributed by atoms with Crippen LogP contribution in [0, 0.1) is 11.6 Å². The van der Waals surface area contributed by atoms with Crippen LogP contribution >= 0.6 is 0 Å². The average Bonchev–Trinajstić information content (AvgIpc) is 3.02. The lowest BCUT2D eigenvalue weighted by Gasteiger charge is -2.09. The lowest BCUT2D eigenvalue weighted by molar-refractivity contribution is 0.355. The number of nitrogens with zero attached hydrogens (tertiary/aromatic N) is 3. The van der Waals surface area contributed by atoms with Gasteiger partial charge in [0.15, 0.2) is 11.5 Å². The Morgan fingerprint density at radius 2 is 1.67 bits per heavy atom. The molecule has 24 heavy (non-hydrogen) atoms. The minimum Gasteiger partial charge on any atom is -0.493 e. The van der Waals surface area contributed by atoms with Gasteiger partial charge in [-0.2, -0.15) is 4.98 Å². The smallest absolute Gasteiger partial charge is 0.246 e. The Morgan fingerprint density at radius 3 is 2.33 bits per heavy atom. The van der Waals surface area contributed by atoms with Gasteiger partial charge in [0.05, 0.1) is 19.9 Å². The van der Waals surface area contributed by atoms with Gasteiger partial charge < -0.3 is 14.8 Å². The zero-order valence-corrected chi connectivity index (χ0v) is 13.0. The van der Waals surface area contributed by atoms with Crippen molar-refractivity contribution in [2.75, 3.05) is 19.5 Å². The summed E-state index contributed by atoms with van der Waals surface area (Å²) in [5.41, 5.74) is 0.913. The normalized spacial score (nSPS) is 10.5. The molecule has 0 aliphatic rings. The highest BCUT2D eigenvalue weighted by molar-refractivity contribution is 5.59. The van der Waals surface area contributed by atoms with Crippen molar-refractivity contribution >= 4 is 11.6 Å².